The monoisotopic (exact) mass is 727 g/mol. The number of thiol groups is 1. The lowest BCUT2D eigenvalue weighted by atomic mass is 9.86. The van der Waals surface area contributed by atoms with Crippen LogP contribution in [0.5, 0.6) is 5.75 Å². The Labute approximate surface area is 307 Å². The molecule has 0 spiro atoms. The smallest absolute Gasteiger partial charge is 0.255 e. The van der Waals surface area contributed by atoms with Gasteiger partial charge in [-0.25, -0.2) is 4.39 Å². The van der Waals surface area contributed by atoms with Gasteiger partial charge in [0.2, 0.25) is 11.8 Å². The molecule has 0 radical (unpaired) electrons. The molecule has 1 atom stereocenters. The van der Waals surface area contributed by atoms with Crippen LogP contribution in [0.1, 0.15) is 70.3 Å². The summed E-state index contributed by atoms with van der Waals surface area (Å²) in [6.07, 6.45) is 5.00. The van der Waals surface area contributed by atoms with Crippen LogP contribution in [0.3, 0.4) is 0 Å². The van der Waals surface area contributed by atoms with Crippen LogP contribution in [0, 0.1) is 17.1 Å². The minimum Gasteiger partial charge on any atom is -0.488 e. The minimum absolute atomic E-state index is 0.00488. The van der Waals surface area contributed by atoms with Gasteiger partial charge in [0.1, 0.15) is 24.2 Å². The minimum atomic E-state index is -0.714. The summed E-state index contributed by atoms with van der Waals surface area (Å²) < 4.78 is 21.6. The summed E-state index contributed by atoms with van der Waals surface area (Å²) >= 11 is 6.76. The van der Waals surface area contributed by atoms with Gasteiger partial charge in [-0.3, -0.25) is 24.6 Å². The Kier molecular flexibility index (Phi) is 10.6. The normalized spacial score (nSPS) is 20.1. The second kappa shape index (κ2) is 15.3. The van der Waals surface area contributed by atoms with E-state index in [9.17, 15) is 19.6 Å². The van der Waals surface area contributed by atoms with Gasteiger partial charge in [0.05, 0.1) is 18.2 Å². The van der Waals surface area contributed by atoms with E-state index in [1.807, 2.05) is 30.0 Å². The number of hydrogen-bond donors (Lipinski definition) is 2. The van der Waals surface area contributed by atoms with Crippen LogP contribution in [0.25, 0.3) is 0 Å². The molecule has 9 nitrogen and oxygen atoms in total. The van der Waals surface area contributed by atoms with Crippen LogP contribution >= 0.6 is 24.4 Å². The fourth-order valence-corrected chi connectivity index (χ4v) is 9.11. The van der Waals surface area contributed by atoms with Crippen molar-refractivity contribution in [3.05, 3.63) is 93.8 Å². The van der Waals surface area contributed by atoms with Gasteiger partial charge in [0, 0.05) is 72.0 Å². The van der Waals surface area contributed by atoms with Crippen molar-refractivity contribution in [2.24, 2.45) is 0 Å². The number of amides is 3. The summed E-state index contributed by atoms with van der Waals surface area (Å²) in [4.78, 5) is 43.3. The second-order valence-corrected chi connectivity index (χ2v) is 16.0. The number of benzene rings is 3. The number of nitrogens with zero attached hydrogens (tertiary/aromatic N) is 4. The maximum absolute atomic E-state index is 15.3. The molecule has 51 heavy (non-hydrogen) atoms. The molecule has 0 unspecified atom stereocenters. The molecule has 3 aromatic carbocycles. The largest absolute Gasteiger partial charge is 0.488 e. The third-order valence-electron chi connectivity index (χ3n) is 10.6. The Morgan fingerprint density at radius 3 is 2.59 bits per heavy atom. The van der Waals surface area contributed by atoms with E-state index in [1.165, 1.54) is 24.2 Å². The van der Waals surface area contributed by atoms with Gasteiger partial charge in [0.25, 0.3) is 5.91 Å². The Hall–Kier alpha value is -4.05. The van der Waals surface area contributed by atoms with Crippen LogP contribution in [-0.2, 0) is 35.7 Å². The van der Waals surface area contributed by atoms with Gasteiger partial charge in [-0.15, -0.1) is 0 Å². The molecule has 1 N–H and O–H groups in total. The van der Waals surface area contributed by atoms with Crippen molar-refractivity contribution in [2.75, 3.05) is 42.6 Å². The van der Waals surface area contributed by atoms with E-state index in [1.54, 1.807) is 30.3 Å². The lowest BCUT2D eigenvalue weighted by Crippen LogP contribution is -2.52. The summed E-state index contributed by atoms with van der Waals surface area (Å²) in [5.41, 5.74) is 5.40. The average Bonchev–Trinajstić information content (AvgIpc) is 3.45. The first-order valence-electron chi connectivity index (χ1n) is 17.7. The first-order chi connectivity index (χ1) is 24.7. The molecule has 12 heteroatoms. The number of rotatable bonds is 12. The van der Waals surface area contributed by atoms with Gasteiger partial charge in [-0.2, -0.15) is 29.7 Å². The predicted octanol–water partition coefficient (Wildman–Crippen LogP) is 5.49. The third kappa shape index (κ3) is 7.91. The maximum atomic E-state index is 15.3. The number of carbonyl (C=O) groups is 3. The van der Waals surface area contributed by atoms with Gasteiger partial charge in [-0.05, 0) is 79.0 Å². The highest BCUT2D eigenvalue weighted by molar-refractivity contribution is 8.00. The number of fused-ring (bicyclic) bond motifs is 1. The molecule has 3 fully saturated rings. The molecule has 3 aliphatic heterocycles. The number of halogens is 1. The zero-order valence-corrected chi connectivity index (χ0v) is 30.2. The van der Waals surface area contributed by atoms with E-state index in [4.69, 9.17) is 17.4 Å². The van der Waals surface area contributed by atoms with Gasteiger partial charge in [-0.1, -0.05) is 24.6 Å². The van der Waals surface area contributed by atoms with E-state index in [2.05, 4.69) is 27.3 Å². The standard InChI is InChI=1S/C39H42FN5O4S2/c40-33-19-26(5-6-29(33)24-49-35-4-1-3-31-32(35)23-45(38(31)48)34-9-10-36(46)42-37(34)47)22-43-14-16-44(17-15-43)30-8-7-28(21-41)27(20-30)11-18-51-25-39(50)12-2-13-39/h1,3-8,19-20,34,50H,2,9-18,22-25H2,(H,42,46,47)/t34-/m0/s1. The highest BCUT2D eigenvalue weighted by Gasteiger charge is 2.40. The fraction of sp³-hybridized carbons (Fsp3) is 0.436. The summed E-state index contributed by atoms with van der Waals surface area (Å²) in [5.74, 6) is 1.09. The molecule has 7 rings (SSSR count). The number of aryl methyl sites for hydroxylation is 1. The molecule has 2 saturated heterocycles. The number of anilines is 1. The number of piperazine rings is 1. The van der Waals surface area contributed by atoms with E-state index < -0.39 is 11.9 Å². The van der Waals surface area contributed by atoms with Crippen molar-refractivity contribution >= 4 is 47.8 Å². The Morgan fingerprint density at radius 2 is 1.86 bits per heavy atom. The van der Waals surface area contributed by atoms with E-state index in [0.29, 0.717) is 29.0 Å². The number of nitriles is 1. The van der Waals surface area contributed by atoms with Crippen molar-refractivity contribution in [3.63, 3.8) is 0 Å². The Bertz CT molecular complexity index is 1870. The summed E-state index contributed by atoms with van der Waals surface area (Å²) in [6, 6.07) is 18.3. The first-order valence-corrected chi connectivity index (χ1v) is 19.3. The van der Waals surface area contributed by atoms with E-state index in [0.717, 1.165) is 66.5 Å². The lowest BCUT2D eigenvalue weighted by molar-refractivity contribution is -0.136. The highest BCUT2D eigenvalue weighted by Crippen LogP contribution is 2.40. The van der Waals surface area contributed by atoms with Crippen LogP contribution in [0.4, 0.5) is 10.1 Å². The average molecular weight is 728 g/mol. The molecule has 3 aromatic rings. The third-order valence-corrected chi connectivity index (χ3v) is 12.6. The number of hydrogen-bond acceptors (Lipinski definition) is 9. The number of imide groups is 1. The molecular formula is C39H42FN5O4S2. The molecule has 266 valence electrons. The summed E-state index contributed by atoms with van der Waals surface area (Å²) in [6.45, 7) is 4.20. The number of carbonyl (C=O) groups excluding carboxylic acids is 3. The predicted molar refractivity (Wildman–Crippen MR) is 198 cm³/mol. The van der Waals surface area contributed by atoms with Gasteiger partial charge >= 0.3 is 0 Å². The molecule has 3 heterocycles. The highest BCUT2D eigenvalue weighted by atomic mass is 32.2. The number of ether oxygens (including phenoxy) is 1. The van der Waals surface area contributed by atoms with Crippen LogP contribution in [-0.4, -0.2) is 76.0 Å². The van der Waals surface area contributed by atoms with Crippen molar-refractivity contribution in [3.8, 4) is 11.8 Å². The zero-order valence-electron chi connectivity index (χ0n) is 28.5. The van der Waals surface area contributed by atoms with Gasteiger partial charge in [0.15, 0.2) is 0 Å². The molecular weight excluding hydrogens is 686 g/mol. The molecule has 3 amide bonds. The summed E-state index contributed by atoms with van der Waals surface area (Å²) in [5, 5.41) is 12.0. The Morgan fingerprint density at radius 1 is 1.04 bits per heavy atom. The maximum Gasteiger partial charge on any atom is 0.255 e. The molecule has 0 bridgehead atoms. The van der Waals surface area contributed by atoms with Crippen molar-refractivity contribution < 1.29 is 23.5 Å². The molecule has 0 aromatic heterocycles. The Balaban J connectivity index is 0.905. The first kappa shape index (κ1) is 35.4. The van der Waals surface area contributed by atoms with Gasteiger partial charge < -0.3 is 14.5 Å². The van der Waals surface area contributed by atoms with Crippen LogP contribution in [0.15, 0.2) is 54.6 Å². The topological polar surface area (TPSA) is 106 Å². The molecule has 1 saturated carbocycles. The molecule has 1 aliphatic carbocycles. The fourth-order valence-electron chi connectivity index (χ4n) is 7.34. The number of nitrogens with one attached hydrogen (secondary N) is 1. The van der Waals surface area contributed by atoms with Crippen LogP contribution < -0.4 is 15.0 Å². The quantitative estimate of drug-likeness (QED) is 0.144. The van der Waals surface area contributed by atoms with E-state index in [-0.39, 0.29) is 48.4 Å². The van der Waals surface area contributed by atoms with E-state index >= 15 is 4.39 Å². The number of thioether (sulfide) groups is 1. The second-order valence-electron chi connectivity index (χ2n) is 14.0. The van der Waals surface area contributed by atoms with Crippen molar-refractivity contribution in [2.45, 2.75) is 69.0 Å². The number of piperidine rings is 1. The molecule has 4 aliphatic rings. The van der Waals surface area contributed by atoms with Crippen molar-refractivity contribution in [1.29, 1.82) is 5.26 Å². The lowest BCUT2D eigenvalue weighted by Gasteiger charge is -2.37. The SMILES string of the molecule is N#Cc1ccc(N2CCN(Cc3ccc(COc4cccc5c4CN([C@H]4CCC(=O)NC4=O)C5=O)c(F)c3)CC2)cc1CCSCC1(S)CCC1. The van der Waals surface area contributed by atoms with Crippen molar-refractivity contribution in [1.82, 2.24) is 15.1 Å². The van der Waals surface area contributed by atoms with Crippen LogP contribution in [0.2, 0.25) is 0 Å². The zero-order chi connectivity index (χ0) is 35.5. The summed E-state index contributed by atoms with van der Waals surface area (Å²) in [7, 11) is 0.